The van der Waals surface area contributed by atoms with Crippen LogP contribution in [0.25, 0.3) is 0 Å². The summed E-state index contributed by atoms with van der Waals surface area (Å²) in [7, 11) is 5.28. The van der Waals surface area contributed by atoms with Crippen LogP contribution >= 0.6 is 0 Å². The molecule has 2 aromatic carbocycles. The van der Waals surface area contributed by atoms with Crippen LogP contribution < -0.4 is 10.1 Å². The summed E-state index contributed by atoms with van der Waals surface area (Å²) in [6.07, 6.45) is 0. The number of carbonyl (C=O) groups is 2. The van der Waals surface area contributed by atoms with E-state index < -0.39 is 0 Å². The lowest BCUT2D eigenvalue weighted by Crippen LogP contribution is -2.33. The van der Waals surface area contributed by atoms with E-state index in [1.165, 1.54) is 4.90 Å². The van der Waals surface area contributed by atoms with E-state index in [9.17, 15) is 9.59 Å². The average Bonchev–Trinajstić information content (AvgIpc) is 2.63. The van der Waals surface area contributed by atoms with Gasteiger partial charge in [0.1, 0.15) is 12.4 Å². The number of hydrogen-bond donors (Lipinski definition) is 1. The smallest absolute Gasteiger partial charge is 0.253 e. The number of aryl methyl sites for hydroxylation is 1. The molecule has 0 aliphatic heterocycles. The van der Waals surface area contributed by atoms with E-state index in [4.69, 9.17) is 4.74 Å². The molecule has 1 N–H and O–H groups in total. The second kappa shape index (κ2) is 9.73. The molecule has 0 saturated carbocycles. The third kappa shape index (κ3) is 6.42. The van der Waals surface area contributed by atoms with Crippen molar-refractivity contribution in [1.29, 1.82) is 0 Å². The van der Waals surface area contributed by atoms with E-state index in [0.29, 0.717) is 24.4 Å². The van der Waals surface area contributed by atoms with Gasteiger partial charge >= 0.3 is 0 Å². The van der Waals surface area contributed by atoms with Gasteiger partial charge in [-0.05, 0) is 49.9 Å². The molecule has 0 aliphatic carbocycles. The van der Waals surface area contributed by atoms with Crippen LogP contribution in [0, 0.1) is 6.92 Å². The molecule has 27 heavy (non-hydrogen) atoms. The average molecular weight is 369 g/mol. The number of nitrogens with zero attached hydrogens (tertiary/aromatic N) is 2. The summed E-state index contributed by atoms with van der Waals surface area (Å²) in [5, 5.41) is 2.84. The molecular formula is C21H27N3O3. The van der Waals surface area contributed by atoms with Crippen molar-refractivity contribution in [3.05, 3.63) is 59.7 Å². The summed E-state index contributed by atoms with van der Waals surface area (Å²) in [5.41, 5.74) is 2.34. The first-order valence-corrected chi connectivity index (χ1v) is 8.85. The maximum absolute atomic E-state index is 12.2. The first-order chi connectivity index (χ1) is 12.9. The Hall–Kier alpha value is -2.86. The Morgan fingerprint density at radius 2 is 1.67 bits per heavy atom. The molecule has 0 saturated heterocycles. The van der Waals surface area contributed by atoms with Crippen LogP contribution in [0.5, 0.6) is 5.75 Å². The van der Waals surface area contributed by atoms with Gasteiger partial charge in [0.2, 0.25) is 5.91 Å². The highest BCUT2D eigenvalue weighted by atomic mass is 16.5. The Morgan fingerprint density at radius 1 is 1.00 bits per heavy atom. The van der Waals surface area contributed by atoms with Crippen LogP contribution in [0.4, 0.5) is 5.69 Å². The molecule has 0 heterocycles. The molecule has 144 valence electrons. The number of benzene rings is 2. The van der Waals surface area contributed by atoms with Crippen molar-refractivity contribution >= 4 is 17.5 Å². The SMILES string of the molecule is Cc1ccccc1OCCN(C)CC(=O)Nc1ccc(C(=O)N(C)C)cc1. The number of nitrogens with one attached hydrogen (secondary N) is 1. The fourth-order valence-corrected chi connectivity index (χ4v) is 2.51. The van der Waals surface area contributed by atoms with E-state index in [2.05, 4.69) is 5.32 Å². The zero-order chi connectivity index (χ0) is 19.8. The van der Waals surface area contributed by atoms with Crippen LogP contribution in [0.1, 0.15) is 15.9 Å². The first-order valence-electron chi connectivity index (χ1n) is 8.85. The summed E-state index contributed by atoms with van der Waals surface area (Å²) in [4.78, 5) is 27.5. The molecule has 0 aromatic heterocycles. The highest BCUT2D eigenvalue weighted by molar-refractivity contribution is 5.95. The monoisotopic (exact) mass is 369 g/mol. The summed E-state index contributed by atoms with van der Waals surface area (Å²) in [6.45, 7) is 3.41. The zero-order valence-electron chi connectivity index (χ0n) is 16.4. The van der Waals surface area contributed by atoms with E-state index in [-0.39, 0.29) is 18.4 Å². The number of hydrogen-bond acceptors (Lipinski definition) is 4. The van der Waals surface area contributed by atoms with Crippen LogP contribution in [0.15, 0.2) is 48.5 Å². The number of rotatable bonds is 8. The molecule has 0 spiro atoms. The molecule has 0 unspecified atom stereocenters. The van der Waals surface area contributed by atoms with Crippen molar-refractivity contribution < 1.29 is 14.3 Å². The topological polar surface area (TPSA) is 61.9 Å². The molecule has 0 radical (unpaired) electrons. The molecule has 0 atom stereocenters. The summed E-state index contributed by atoms with van der Waals surface area (Å²) in [5.74, 6) is 0.684. The minimum absolute atomic E-state index is 0.0683. The Labute approximate surface area is 160 Å². The lowest BCUT2D eigenvalue weighted by Gasteiger charge is -2.17. The first kappa shape index (κ1) is 20.5. The van der Waals surface area contributed by atoms with Gasteiger partial charge < -0.3 is 15.0 Å². The number of anilines is 1. The minimum Gasteiger partial charge on any atom is -0.492 e. The fraction of sp³-hybridized carbons (Fsp3) is 0.333. The molecule has 2 amide bonds. The van der Waals surface area contributed by atoms with Gasteiger partial charge in [-0.3, -0.25) is 14.5 Å². The van der Waals surface area contributed by atoms with Crippen molar-refractivity contribution in [1.82, 2.24) is 9.80 Å². The standard InChI is InChI=1S/C21H27N3O3/c1-16-7-5-6-8-19(16)27-14-13-24(4)15-20(25)22-18-11-9-17(10-12-18)21(26)23(2)3/h5-12H,13-15H2,1-4H3,(H,22,25). The number of ether oxygens (including phenoxy) is 1. The second-order valence-electron chi connectivity index (χ2n) is 6.68. The summed E-state index contributed by atoms with van der Waals surface area (Å²) >= 11 is 0. The quantitative estimate of drug-likeness (QED) is 0.777. The molecule has 0 fully saturated rings. The lowest BCUT2D eigenvalue weighted by molar-refractivity contribution is -0.117. The molecule has 0 aliphatic rings. The van der Waals surface area contributed by atoms with Crippen molar-refractivity contribution in [2.24, 2.45) is 0 Å². The van der Waals surface area contributed by atoms with Crippen molar-refractivity contribution in [3.8, 4) is 5.75 Å². The maximum atomic E-state index is 12.2. The molecule has 0 bridgehead atoms. The zero-order valence-corrected chi connectivity index (χ0v) is 16.4. The second-order valence-corrected chi connectivity index (χ2v) is 6.68. The van der Waals surface area contributed by atoms with Crippen LogP contribution in [-0.4, -0.2) is 62.5 Å². The Bertz CT molecular complexity index is 772. The van der Waals surface area contributed by atoms with Crippen LogP contribution in [-0.2, 0) is 4.79 Å². The molecular weight excluding hydrogens is 342 g/mol. The third-order valence-corrected chi connectivity index (χ3v) is 4.06. The van der Waals surface area contributed by atoms with Crippen molar-refractivity contribution in [2.45, 2.75) is 6.92 Å². The number of amides is 2. The Kier molecular flexibility index (Phi) is 7.37. The largest absolute Gasteiger partial charge is 0.492 e. The van der Waals surface area contributed by atoms with E-state index in [1.807, 2.05) is 43.1 Å². The van der Waals surface area contributed by atoms with Gasteiger partial charge in [0.25, 0.3) is 5.91 Å². The predicted molar refractivity (Wildman–Crippen MR) is 107 cm³/mol. The number of para-hydroxylation sites is 1. The van der Waals surface area contributed by atoms with Gasteiger partial charge in [0.15, 0.2) is 0 Å². The maximum Gasteiger partial charge on any atom is 0.253 e. The number of carbonyl (C=O) groups excluding carboxylic acids is 2. The molecule has 6 heteroatoms. The molecule has 2 aromatic rings. The van der Waals surface area contributed by atoms with Gasteiger partial charge in [-0.15, -0.1) is 0 Å². The number of likely N-dealkylation sites (N-methyl/N-ethyl adjacent to an activating group) is 1. The van der Waals surface area contributed by atoms with Gasteiger partial charge in [0.05, 0.1) is 6.54 Å². The van der Waals surface area contributed by atoms with E-state index in [1.54, 1.807) is 38.4 Å². The van der Waals surface area contributed by atoms with Gasteiger partial charge in [-0.2, -0.15) is 0 Å². The van der Waals surface area contributed by atoms with E-state index in [0.717, 1.165) is 11.3 Å². The van der Waals surface area contributed by atoms with Gasteiger partial charge in [-0.1, -0.05) is 18.2 Å². The Morgan fingerprint density at radius 3 is 2.30 bits per heavy atom. The Balaban J connectivity index is 1.76. The van der Waals surface area contributed by atoms with Gasteiger partial charge in [-0.25, -0.2) is 0 Å². The molecule has 2 rings (SSSR count). The van der Waals surface area contributed by atoms with E-state index >= 15 is 0 Å². The van der Waals surface area contributed by atoms with Crippen molar-refractivity contribution in [3.63, 3.8) is 0 Å². The summed E-state index contributed by atoms with van der Waals surface area (Å²) in [6, 6.07) is 14.7. The van der Waals surface area contributed by atoms with Crippen molar-refractivity contribution in [2.75, 3.05) is 46.2 Å². The fourth-order valence-electron chi connectivity index (χ4n) is 2.51. The lowest BCUT2D eigenvalue weighted by atomic mass is 10.2. The highest BCUT2D eigenvalue weighted by Gasteiger charge is 2.10. The normalized spacial score (nSPS) is 10.6. The van der Waals surface area contributed by atoms with Gasteiger partial charge in [0, 0.05) is 31.9 Å². The van der Waals surface area contributed by atoms with Crippen LogP contribution in [0.3, 0.4) is 0 Å². The predicted octanol–water partition coefficient (Wildman–Crippen LogP) is 2.65. The highest BCUT2D eigenvalue weighted by Crippen LogP contribution is 2.16. The van der Waals surface area contributed by atoms with Crippen LogP contribution in [0.2, 0.25) is 0 Å². The summed E-state index contributed by atoms with van der Waals surface area (Å²) < 4.78 is 5.75. The minimum atomic E-state index is -0.111. The third-order valence-electron chi connectivity index (χ3n) is 4.06. The molecule has 6 nitrogen and oxygen atoms in total.